The summed E-state index contributed by atoms with van der Waals surface area (Å²) >= 11 is 6.04. The third-order valence-corrected chi connectivity index (χ3v) is 5.69. The van der Waals surface area contributed by atoms with Crippen molar-refractivity contribution in [1.82, 2.24) is 5.32 Å². The largest absolute Gasteiger partial charge is 0.479 e. The first kappa shape index (κ1) is 17.1. The Morgan fingerprint density at radius 3 is 2.64 bits per heavy atom. The van der Waals surface area contributed by atoms with Gasteiger partial charge < -0.3 is 10.1 Å². The van der Waals surface area contributed by atoms with Crippen LogP contribution in [0.5, 0.6) is 5.75 Å². The maximum absolute atomic E-state index is 12.1. The first-order valence-electron chi connectivity index (χ1n) is 7.20. The van der Waals surface area contributed by atoms with Gasteiger partial charge in [0, 0.05) is 6.04 Å². The van der Waals surface area contributed by atoms with Crippen LogP contribution in [0.4, 0.5) is 0 Å². The molecule has 22 heavy (non-hydrogen) atoms. The Morgan fingerprint density at radius 1 is 1.36 bits per heavy atom. The average molecular weight is 346 g/mol. The van der Waals surface area contributed by atoms with E-state index in [4.69, 9.17) is 16.3 Å². The maximum atomic E-state index is 12.1. The number of carbonyl (C=O) groups excluding carboxylic acids is 1. The highest BCUT2D eigenvalue weighted by atomic mass is 35.5. The summed E-state index contributed by atoms with van der Waals surface area (Å²) in [6.07, 6.45) is 0.204. The quantitative estimate of drug-likeness (QED) is 0.907. The van der Waals surface area contributed by atoms with Gasteiger partial charge >= 0.3 is 0 Å². The van der Waals surface area contributed by atoms with Crippen molar-refractivity contribution in [2.75, 3.05) is 11.5 Å². The van der Waals surface area contributed by atoms with Gasteiger partial charge in [-0.15, -0.1) is 0 Å². The Morgan fingerprint density at radius 2 is 2.00 bits per heavy atom. The lowest BCUT2D eigenvalue weighted by molar-refractivity contribution is -0.128. The number of ether oxygens (including phenoxy) is 1. The summed E-state index contributed by atoms with van der Waals surface area (Å²) in [7, 11) is -2.93. The summed E-state index contributed by atoms with van der Waals surface area (Å²) in [5.74, 6) is 0.450. The number of amides is 1. The number of nitrogens with one attached hydrogen (secondary N) is 1. The van der Waals surface area contributed by atoms with Crippen molar-refractivity contribution in [3.63, 3.8) is 0 Å². The zero-order valence-corrected chi connectivity index (χ0v) is 14.2. The molecule has 1 fully saturated rings. The second-order valence-electron chi connectivity index (χ2n) is 5.63. The molecule has 1 aromatic rings. The van der Waals surface area contributed by atoms with Crippen LogP contribution in [0.3, 0.4) is 0 Å². The summed E-state index contributed by atoms with van der Waals surface area (Å²) in [6.45, 7) is 3.56. The number of sulfone groups is 1. The predicted molar refractivity (Wildman–Crippen MR) is 86.1 cm³/mol. The van der Waals surface area contributed by atoms with Crippen molar-refractivity contribution in [3.05, 3.63) is 28.8 Å². The van der Waals surface area contributed by atoms with E-state index in [1.807, 2.05) is 13.0 Å². The standard InChI is InChI=1S/C15H20ClNO4S/c1-10-3-4-13(16)14(9-10)21-11(2)15(18)17-12-5-7-22(19,20)8-6-12/h3-4,9,11-12H,5-8H2,1-2H3,(H,17,18). The van der Waals surface area contributed by atoms with Gasteiger partial charge in [0.05, 0.1) is 16.5 Å². The molecule has 1 atom stereocenters. The topological polar surface area (TPSA) is 72.5 Å². The van der Waals surface area contributed by atoms with Gasteiger partial charge in [-0.1, -0.05) is 17.7 Å². The summed E-state index contributed by atoms with van der Waals surface area (Å²) in [6, 6.07) is 5.25. The minimum Gasteiger partial charge on any atom is -0.479 e. The molecule has 1 heterocycles. The maximum Gasteiger partial charge on any atom is 0.260 e. The van der Waals surface area contributed by atoms with E-state index in [-0.39, 0.29) is 23.5 Å². The van der Waals surface area contributed by atoms with Gasteiger partial charge in [0.15, 0.2) is 6.10 Å². The van der Waals surface area contributed by atoms with E-state index in [0.717, 1.165) is 5.56 Å². The highest BCUT2D eigenvalue weighted by Crippen LogP contribution is 2.26. The van der Waals surface area contributed by atoms with E-state index < -0.39 is 15.9 Å². The number of hydrogen-bond donors (Lipinski definition) is 1. The van der Waals surface area contributed by atoms with Crippen LogP contribution >= 0.6 is 11.6 Å². The van der Waals surface area contributed by atoms with Crippen molar-refractivity contribution >= 4 is 27.3 Å². The van der Waals surface area contributed by atoms with Gasteiger partial charge in [0.1, 0.15) is 15.6 Å². The highest BCUT2D eigenvalue weighted by molar-refractivity contribution is 7.91. The van der Waals surface area contributed by atoms with Crippen LogP contribution < -0.4 is 10.1 Å². The molecular weight excluding hydrogens is 326 g/mol. The van der Waals surface area contributed by atoms with Gasteiger partial charge in [0.2, 0.25) is 0 Å². The van der Waals surface area contributed by atoms with Crippen LogP contribution in [0, 0.1) is 6.92 Å². The van der Waals surface area contributed by atoms with Gasteiger partial charge in [-0.3, -0.25) is 4.79 Å². The zero-order valence-electron chi connectivity index (χ0n) is 12.6. The third kappa shape index (κ3) is 4.61. The Balaban J connectivity index is 1.91. The lowest BCUT2D eigenvalue weighted by atomic mass is 10.1. The molecule has 0 saturated carbocycles. The molecule has 0 spiro atoms. The van der Waals surface area contributed by atoms with Crippen molar-refractivity contribution in [1.29, 1.82) is 0 Å². The lowest BCUT2D eigenvalue weighted by Crippen LogP contribution is -2.45. The Kier molecular flexibility index (Phi) is 5.34. The van der Waals surface area contributed by atoms with Crippen molar-refractivity contribution in [2.24, 2.45) is 0 Å². The molecule has 1 aliphatic heterocycles. The number of aryl methyl sites for hydroxylation is 1. The molecule has 1 amide bonds. The van der Waals surface area contributed by atoms with E-state index in [9.17, 15) is 13.2 Å². The van der Waals surface area contributed by atoms with E-state index in [0.29, 0.717) is 23.6 Å². The van der Waals surface area contributed by atoms with Crippen LogP contribution in [-0.4, -0.2) is 38.0 Å². The molecule has 0 aromatic heterocycles. The number of halogens is 1. The molecule has 1 N–H and O–H groups in total. The van der Waals surface area contributed by atoms with Crippen LogP contribution in [0.15, 0.2) is 18.2 Å². The Hall–Kier alpha value is -1.27. The van der Waals surface area contributed by atoms with Gasteiger partial charge in [-0.25, -0.2) is 8.42 Å². The zero-order chi connectivity index (χ0) is 16.3. The average Bonchev–Trinajstić information content (AvgIpc) is 2.45. The third-order valence-electron chi connectivity index (χ3n) is 3.66. The summed E-state index contributed by atoms with van der Waals surface area (Å²) in [5.41, 5.74) is 0.990. The summed E-state index contributed by atoms with van der Waals surface area (Å²) in [4.78, 5) is 12.1. The lowest BCUT2D eigenvalue weighted by Gasteiger charge is -2.25. The van der Waals surface area contributed by atoms with Gasteiger partial charge in [-0.05, 0) is 44.4 Å². The van der Waals surface area contributed by atoms with E-state index >= 15 is 0 Å². The second-order valence-corrected chi connectivity index (χ2v) is 8.34. The SMILES string of the molecule is Cc1ccc(Cl)c(OC(C)C(=O)NC2CCS(=O)(=O)CC2)c1. The smallest absolute Gasteiger partial charge is 0.260 e. The first-order chi connectivity index (χ1) is 10.3. The van der Waals surface area contributed by atoms with E-state index in [1.54, 1.807) is 19.1 Å². The van der Waals surface area contributed by atoms with Gasteiger partial charge in [0.25, 0.3) is 5.91 Å². The first-order valence-corrected chi connectivity index (χ1v) is 9.40. The molecule has 7 heteroatoms. The monoisotopic (exact) mass is 345 g/mol. The predicted octanol–water partition coefficient (Wildman–Crippen LogP) is 2.11. The minimum atomic E-state index is -2.93. The van der Waals surface area contributed by atoms with E-state index in [1.165, 1.54) is 0 Å². The number of rotatable bonds is 4. The normalized spacial score (nSPS) is 19.4. The van der Waals surface area contributed by atoms with Crippen LogP contribution in [0.25, 0.3) is 0 Å². The number of carbonyl (C=O) groups is 1. The molecule has 1 saturated heterocycles. The minimum absolute atomic E-state index is 0.116. The van der Waals surface area contributed by atoms with Crippen LogP contribution in [0.2, 0.25) is 5.02 Å². The fourth-order valence-electron chi connectivity index (χ4n) is 2.30. The van der Waals surface area contributed by atoms with E-state index in [2.05, 4.69) is 5.32 Å². The van der Waals surface area contributed by atoms with Crippen LogP contribution in [-0.2, 0) is 14.6 Å². The summed E-state index contributed by atoms with van der Waals surface area (Å²) < 4.78 is 28.4. The summed E-state index contributed by atoms with van der Waals surface area (Å²) in [5, 5.41) is 3.29. The molecule has 1 unspecified atom stereocenters. The molecule has 0 bridgehead atoms. The molecular formula is C15H20ClNO4S. The molecule has 0 aliphatic carbocycles. The molecule has 5 nitrogen and oxygen atoms in total. The highest BCUT2D eigenvalue weighted by Gasteiger charge is 2.26. The fraction of sp³-hybridized carbons (Fsp3) is 0.533. The Bertz CT molecular complexity index is 646. The molecule has 1 aromatic carbocycles. The number of hydrogen-bond acceptors (Lipinski definition) is 4. The molecule has 0 radical (unpaired) electrons. The molecule has 122 valence electrons. The number of benzene rings is 1. The van der Waals surface area contributed by atoms with Crippen LogP contribution in [0.1, 0.15) is 25.3 Å². The Labute approximate surface area is 135 Å². The van der Waals surface area contributed by atoms with Crippen molar-refractivity contribution in [3.8, 4) is 5.75 Å². The van der Waals surface area contributed by atoms with Crippen molar-refractivity contribution < 1.29 is 17.9 Å². The second kappa shape index (κ2) is 6.87. The molecule has 2 rings (SSSR count). The van der Waals surface area contributed by atoms with Crippen molar-refractivity contribution in [2.45, 2.75) is 38.8 Å². The molecule has 1 aliphatic rings. The van der Waals surface area contributed by atoms with Gasteiger partial charge in [-0.2, -0.15) is 0 Å². The fourth-order valence-corrected chi connectivity index (χ4v) is 3.95.